The van der Waals surface area contributed by atoms with Gasteiger partial charge in [0, 0.05) is 19.5 Å². The smallest absolute Gasteiger partial charge is 0 e. The zero-order valence-electron chi connectivity index (χ0n) is 0.707. The Bertz CT molecular complexity index is 6.85. The van der Waals surface area contributed by atoms with Gasteiger partial charge >= 0.3 is 136 Å². The maximum Gasteiger partial charge on any atom is 0.316 e. The van der Waals surface area contributed by atoms with Crippen LogP contribution in [0.3, 0.4) is 0 Å². The van der Waals surface area contributed by atoms with Crippen LogP contribution < -0.4 is 0 Å². The maximum absolute atomic E-state index is 0. The molecule has 0 aromatic heterocycles. The van der Waals surface area contributed by atoms with Gasteiger partial charge in [-0.25, -0.2) is 0 Å². The Morgan fingerprint density at radius 3 is 0.600 bits per heavy atom. The average Bonchev–Trinajstić information content (AvgIpc) is 0. The second-order valence-corrected chi connectivity index (χ2v) is 0. The first-order valence-electron chi connectivity index (χ1n) is 0. The molecule has 0 nitrogen and oxygen atoms in total. The Hall–Kier alpha value is 5.17. The molecule has 0 N–H and O–H groups in total. The summed E-state index contributed by atoms with van der Waals surface area (Å²) in [4.78, 5) is 0. The van der Waals surface area contributed by atoms with E-state index in [0.29, 0.717) is 0 Å². The average molecular weight is 218 g/mol. The molecule has 0 unspecified atom stereocenters. The molecule has 0 amide bonds. The van der Waals surface area contributed by atoms with E-state index in [2.05, 4.69) is 0 Å². The molecule has 0 aliphatic heterocycles. The maximum atomic E-state index is 0. The number of hydrogen-bond acceptors (Lipinski definition) is 0. The fourth-order valence-electron chi connectivity index (χ4n) is 0. The van der Waals surface area contributed by atoms with Crippen LogP contribution in [-0.4, -0.2) is 136 Å². The van der Waals surface area contributed by atoms with E-state index < -0.39 is 0 Å². The van der Waals surface area contributed by atoms with Crippen molar-refractivity contribution in [1.82, 2.24) is 0 Å². The van der Waals surface area contributed by atoms with Crippen molar-refractivity contribution in [2.45, 2.75) is 0 Å². The molecule has 0 aromatic carbocycles. The molecule has 0 spiro atoms. The number of rotatable bonds is 0. The van der Waals surface area contributed by atoms with Crippen molar-refractivity contribution in [1.29, 1.82) is 0 Å². The van der Waals surface area contributed by atoms with Crippen LogP contribution in [-0.2, 0) is 19.5 Å². The van der Waals surface area contributed by atoms with Gasteiger partial charge in [0.05, 0.1) is 0 Å². The van der Waals surface area contributed by atoms with Crippen molar-refractivity contribution in [3.63, 3.8) is 0 Å². The fourth-order valence-corrected chi connectivity index (χ4v) is 0. The van der Waals surface area contributed by atoms with Crippen molar-refractivity contribution in [2.24, 2.45) is 0 Å². The van der Waals surface area contributed by atoms with Crippen LogP contribution in [0.4, 0.5) is 0 Å². The zero-order valence-corrected chi connectivity index (χ0v) is 3.67. The SMILES string of the molecule is [CaH2].[CaH2].[CaH2].[MgH2].[Zn]. The molecule has 0 saturated carbocycles. The van der Waals surface area contributed by atoms with E-state index in [1.807, 2.05) is 0 Å². The van der Waals surface area contributed by atoms with Crippen molar-refractivity contribution in [2.75, 3.05) is 0 Å². The summed E-state index contributed by atoms with van der Waals surface area (Å²) in [6, 6.07) is 0. The van der Waals surface area contributed by atoms with E-state index in [9.17, 15) is 0 Å². The molecule has 0 bridgehead atoms. The van der Waals surface area contributed by atoms with Gasteiger partial charge in [0.15, 0.2) is 0 Å². The first-order valence-corrected chi connectivity index (χ1v) is 0. The summed E-state index contributed by atoms with van der Waals surface area (Å²) in [6.07, 6.45) is 0. The quantitative estimate of drug-likeness (QED) is 0.367. The molecular weight excluding hydrogens is 210 g/mol. The van der Waals surface area contributed by atoms with Crippen LogP contribution in [0, 0.1) is 0 Å². The van der Waals surface area contributed by atoms with Gasteiger partial charge in [-0.3, -0.25) is 0 Å². The van der Waals surface area contributed by atoms with Crippen LogP contribution in [0.1, 0.15) is 0 Å². The van der Waals surface area contributed by atoms with Crippen LogP contribution in [0.5, 0.6) is 0 Å². The van der Waals surface area contributed by atoms with E-state index in [0.717, 1.165) is 0 Å². The van der Waals surface area contributed by atoms with Gasteiger partial charge in [-0.05, 0) is 0 Å². The van der Waals surface area contributed by atoms with Crippen molar-refractivity contribution < 1.29 is 19.5 Å². The second-order valence-electron chi connectivity index (χ2n) is 0. The molecule has 5 heavy (non-hydrogen) atoms. The topological polar surface area (TPSA) is 0 Å². The first kappa shape index (κ1) is 32.0. The molecule has 5 heteroatoms. The van der Waals surface area contributed by atoms with Crippen LogP contribution in [0.15, 0.2) is 0 Å². The molecule has 0 aliphatic rings. The van der Waals surface area contributed by atoms with E-state index in [4.69, 9.17) is 0 Å². The molecule has 0 fully saturated rings. The summed E-state index contributed by atoms with van der Waals surface area (Å²) < 4.78 is 0. The summed E-state index contributed by atoms with van der Waals surface area (Å²) in [5.74, 6) is 0. The van der Waals surface area contributed by atoms with Crippen LogP contribution in [0.2, 0.25) is 0 Å². The second kappa shape index (κ2) is 22.9. The third kappa shape index (κ3) is 17.6. The largest absolute Gasteiger partial charge is 0.316 e. The normalized spacial score (nSPS) is 0. The predicted octanol–water partition coefficient (Wildman–Crippen LogP) is -3.67. The summed E-state index contributed by atoms with van der Waals surface area (Å²) >= 11 is 0. The van der Waals surface area contributed by atoms with Crippen molar-refractivity contribution >= 4 is 136 Å². The monoisotopic (exact) mass is 216 g/mol. The molecule has 0 atom stereocenters. The summed E-state index contributed by atoms with van der Waals surface area (Å²) in [7, 11) is 0. The molecule has 18 valence electrons. The number of hydrogen-bond donors (Lipinski definition) is 0. The van der Waals surface area contributed by atoms with Gasteiger partial charge in [0.1, 0.15) is 0 Å². The van der Waals surface area contributed by atoms with Gasteiger partial charge in [-0.2, -0.15) is 0 Å². The Kier molecular flexibility index (Phi) is 147. The molecule has 0 radical (unpaired) electrons. The standard InChI is InChI=1S/3Ca.Mg.Zn.8H. The molecule has 0 rings (SSSR count). The van der Waals surface area contributed by atoms with E-state index in [1.54, 1.807) is 0 Å². The van der Waals surface area contributed by atoms with Gasteiger partial charge in [0.2, 0.25) is 0 Å². The van der Waals surface area contributed by atoms with Gasteiger partial charge in [0.25, 0.3) is 0 Å². The molecule has 0 aliphatic carbocycles. The van der Waals surface area contributed by atoms with Gasteiger partial charge < -0.3 is 0 Å². The van der Waals surface area contributed by atoms with Crippen molar-refractivity contribution in [3.8, 4) is 0 Å². The third-order valence-electron chi connectivity index (χ3n) is 0. The fraction of sp³-hybridized carbons (Fsp3) is 0. The molecule has 0 heterocycles. The molecule has 0 aromatic rings. The van der Waals surface area contributed by atoms with E-state index >= 15 is 0 Å². The predicted molar refractivity (Wildman–Crippen MR) is 34.2 cm³/mol. The molecular formula is H8Ca3MgZn. The Labute approximate surface area is 151 Å². The van der Waals surface area contributed by atoms with Gasteiger partial charge in [-0.15, -0.1) is 0 Å². The Morgan fingerprint density at radius 1 is 0.600 bits per heavy atom. The minimum absolute atomic E-state index is 0. The van der Waals surface area contributed by atoms with Crippen molar-refractivity contribution in [3.05, 3.63) is 0 Å². The van der Waals surface area contributed by atoms with E-state index in [-0.39, 0.29) is 156 Å². The Balaban J connectivity index is 0. The summed E-state index contributed by atoms with van der Waals surface area (Å²) in [6.45, 7) is 0. The summed E-state index contributed by atoms with van der Waals surface area (Å²) in [5, 5.41) is 0. The zero-order chi connectivity index (χ0) is 0. The van der Waals surface area contributed by atoms with Crippen LogP contribution >= 0.6 is 0 Å². The molecule has 0 saturated heterocycles. The minimum atomic E-state index is 0. The Morgan fingerprint density at radius 2 is 0.600 bits per heavy atom. The first-order chi connectivity index (χ1) is 0. The minimum Gasteiger partial charge on any atom is 0 e. The van der Waals surface area contributed by atoms with Gasteiger partial charge in [-0.1, -0.05) is 0 Å². The summed E-state index contributed by atoms with van der Waals surface area (Å²) in [5.41, 5.74) is 0. The third-order valence-corrected chi connectivity index (χ3v) is 0. The van der Waals surface area contributed by atoms with Crippen LogP contribution in [0.25, 0.3) is 0 Å². The van der Waals surface area contributed by atoms with E-state index in [1.165, 1.54) is 0 Å².